The van der Waals surface area contributed by atoms with E-state index in [0.717, 1.165) is 17.2 Å². The molecule has 1 aliphatic heterocycles. The molecule has 1 aromatic rings. The molecule has 1 heterocycles. The van der Waals surface area contributed by atoms with E-state index in [1.807, 2.05) is 12.2 Å². The number of allylic oxidation sites excluding steroid dienone is 5. The minimum absolute atomic E-state index is 1.07. The third-order valence-corrected chi connectivity index (χ3v) is 2.65. The first-order chi connectivity index (χ1) is 7.33. The van der Waals surface area contributed by atoms with Gasteiger partial charge in [-0.25, -0.2) is 0 Å². The van der Waals surface area contributed by atoms with Crippen LogP contribution in [0.5, 0.6) is 0 Å². The van der Waals surface area contributed by atoms with E-state index in [-0.39, 0.29) is 0 Å². The van der Waals surface area contributed by atoms with Crippen molar-refractivity contribution < 1.29 is 0 Å². The van der Waals surface area contributed by atoms with Gasteiger partial charge in [-0.15, -0.1) is 0 Å². The Kier molecular flexibility index (Phi) is 1.68. The third kappa shape index (κ3) is 1.34. The zero-order chi connectivity index (χ0) is 10.3. The van der Waals surface area contributed by atoms with E-state index in [0.29, 0.717) is 0 Å². The summed E-state index contributed by atoms with van der Waals surface area (Å²) in [5.74, 6) is 1.07. The van der Waals surface area contributed by atoms with Crippen molar-refractivity contribution in [2.45, 2.75) is 6.92 Å². The minimum Gasteiger partial charge on any atom is -0.340 e. The maximum atomic E-state index is 3.38. The van der Waals surface area contributed by atoms with Crippen molar-refractivity contribution in [3.63, 3.8) is 0 Å². The number of aryl methyl sites for hydroxylation is 1. The van der Waals surface area contributed by atoms with Crippen LogP contribution in [-0.2, 0) is 0 Å². The van der Waals surface area contributed by atoms with Crippen molar-refractivity contribution in [1.82, 2.24) is 0 Å². The summed E-state index contributed by atoms with van der Waals surface area (Å²) in [6.07, 6.45) is 8.27. The highest BCUT2D eigenvalue weighted by Crippen LogP contribution is 2.33. The zero-order valence-electron chi connectivity index (χ0n) is 8.54. The van der Waals surface area contributed by atoms with E-state index < -0.39 is 0 Å². The number of rotatable bonds is 0. The van der Waals surface area contributed by atoms with Crippen LogP contribution in [-0.4, -0.2) is 0 Å². The van der Waals surface area contributed by atoms with Crippen LogP contribution >= 0.6 is 0 Å². The third-order valence-electron chi connectivity index (χ3n) is 2.65. The fraction of sp³-hybridized carbons (Fsp3) is 0.0769. The van der Waals surface area contributed by atoms with Gasteiger partial charge in [0.25, 0.3) is 0 Å². The predicted molar refractivity (Wildman–Crippen MR) is 63.7 cm³/mol. The van der Waals surface area contributed by atoms with Crippen molar-refractivity contribution in [2.75, 3.05) is 10.6 Å². The molecule has 2 heteroatoms. The molecule has 15 heavy (non-hydrogen) atoms. The molecule has 2 aliphatic rings. The normalized spacial score (nSPS) is 16.6. The molecular weight excluding hydrogens is 184 g/mol. The van der Waals surface area contributed by atoms with Gasteiger partial charge in [-0.05, 0) is 24.6 Å². The maximum absolute atomic E-state index is 3.38. The summed E-state index contributed by atoms with van der Waals surface area (Å²) in [4.78, 5) is 0. The summed E-state index contributed by atoms with van der Waals surface area (Å²) >= 11 is 0. The molecule has 0 fully saturated rings. The van der Waals surface area contributed by atoms with Crippen LogP contribution in [0.4, 0.5) is 11.4 Å². The Morgan fingerprint density at radius 1 is 0.933 bits per heavy atom. The molecule has 0 unspecified atom stereocenters. The molecule has 0 bridgehead atoms. The Labute approximate surface area is 89.0 Å². The molecule has 0 radical (unpaired) electrons. The molecular formula is C13H12N2. The lowest BCUT2D eigenvalue weighted by Gasteiger charge is -2.01. The van der Waals surface area contributed by atoms with Crippen molar-refractivity contribution >= 4 is 11.4 Å². The molecule has 0 atom stereocenters. The number of hydrogen-bond acceptors (Lipinski definition) is 2. The van der Waals surface area contributed by atoms with Crippen molar-refractivity contribution in [3.05, 3.63) is 59.5 Å². The molecule has 0 aromatic heterocycles. The zero-order valence-corrected chi connectivity index (χ0v) is 8.54. The van der Waals surface area contributed by atoms with Crippen molar-refractivity contribution in [3.8, 4) is 0 Å². The van der Waals surface area contributed by atoms with Crippen LogP contribution in [0.1, 0.15) is 5.56 Å². The van der Waals surface area contributed by atoms with Crippen LogP contribution in [0, 0.1) is 6.92 Å². The average molecular weight is 196 g/mol. The van der Waals surface area contributed by atoms with E-state index in [1.165, 1.54) is 11.1 Å². The van der Waals surface area contributed by atoms with Gasteiger partial charge < -0.3 is 10.6 Å². The summed E-state index contributed by atoms with van der Waals surface area (Å²) in [7, 11) is 0. The van der Waals surface area contributed by atoms with Gasteiger partial charge in [-0.1, -0.05) is 30.4 Å². The predicted octanol–water partition coefficient (Wildman–Crippen LogP) is 3.17. The number of nitrogens with one attached hydrogen (secondary N) is 2. The van der Waals surface area contributed by atoms with Crippen molar-refractivity contribution in [1.29, 1.82) is 0 Å². The second-order valence-corrected chi connectivity index (χ2v) is 3.85. The van der Waals surface area contributed by atoms with Crippen LogP contribution < -0.4 is 10.6 Å². The molecule has 2 nitrogen and oxygen atoms in total. The number of benzene rings is 1. The van der Waals surface area contributed by atoms with Gasteiger partial charge in [0.1, 0.15) is 5.82 Å². The fourth-order valence-corrected chi connectivity index (χ4v) is 1.86. The van der Waals surface area contributed by atoms with Gasteiger partial charge in [0, 0.05) is 5.57 Å². The largest absolute Gasteiger partial charge is 0.340 e. The lowest BCUT2D eigenvalue weighted by atomic mass is 10.2. The molecule has 0 spiro atoms. The summed E-state index contributed by atoms with van der Waals surface area (Å²) in [5, 5.41) is 6.75. The molecule has 1 aromatic carbocycles. The first-order valence-electron chi connectivity index (χ1n) is 5.07. The Bertz CT molecular complexity index is 493. The number of fused-ring (bicyclic) bond motifs is 1. The molecule has 0 saturated heterocycles. The van der Waals surface area contributed by atoms with Gasteiger partial charge in [0.15, 0.2) is 0 Å². The molecule has 0 saturated carbocycles. The molecule has 2 N–H and O–H groups in total. The maximum Gasteiger partial charge on any atom is 0.115 e. The highest BCUT2D eigenvalue weighted by molar-refractivity contribution is 5.81. The molecule has 0 amide bonds. The Hall–Kier alpha value is -1.96. The van der Waals surface area contributed by atoms with Crippen LogP contribution in [0.15, 0.2) is 53.9 Å². The van der Waals surface area contributed by atoms with Gasteiger partial charge in [-0.3, -0.25) is 0 Å². The topological polar surface area (TPSA) is 24.1 Å². The number of hydrogen-bond donors (Lipinski definition) is 2. The number of anilines is 2. The fourth-order valence-electron chi connectivity index (χ4n) is 1.86. The SMILES string of the molecule is Cc1ccc2c(c1)NC(=C1C=CC=C1)N2. The van der Waals surface area contributed by atoms with Crippen LogP contribution in [0.2, 0.25) is 0 Å². The minimum atomic E-state index is 1.07. The van der Waals surface area contributed by atoms with Gasteiger partial charge in [0.2, 0.25) is 0 Å². The quantitative estimate of drug-likeness (QED) is 0.666. The highest BCUT2D eigenvalue weighted by Gasteiger charge is 2.15. The molecule has 74 valence electrons. The van der Waals surface area contributed by atoms with E-state index in [1.54, 1.807) is 0 Å². The second-order valence-electron chi connectivity index (χ2n) is 3.85. The van der Waals surface area contributed by atoms with Gasteiger partial charge in [-0.2, -0.15) is 0 Å². The summed E-state index contributed by atoms with van der Waals surface area (Å²) < 4.78 is 0. The standard InChI is InChI=1S/C13H12N2/c1-9-6-7-11-12(8-9)15-13(14-11)10-4-2-3-5-10/h2-8,14-15H,1H3. The molecule has 3 rings (SSSR count). The van der Waals surface area contributed by atoms with E-state index in [4.69, 9.17) is 0 Å². The first kappa shape index (κ1) is 8.36. The lowest BCUT2D eigenvalue weighted by molar-refractivity contribution is 1.43. The molecule has 1 aliphatic carbocycles. The summed E-state index contributed by atoms with van der Waals surface area (Å²) in [6, 6.07) is 6.37. The summed E-state index contributed by atoms with van der Waals surface area (Å²) in [5.41, 5.74) is 4.78. The van der Waals surface area contributed by atoms with Crippen LogP contribution in [0.25, 0.3) is 0 Å². The Morgan fingerprint density at radius 2 is 1.67 bits per heavy atom. The average Bonchev–Trinajstić information content (AvgIpc) is 2.84. The van der Waals surface area contributed by atoms with Crippen LogP contribution in [0.3, 0.4) is 0 Å². The smallest absolute Gasteiger partial charge is 0.115 e. The van der Waals surface area contributed by atoms with Gasteiger partial charge in [0.05, 0.1) is 11.4 Å². The lowest BCUT2D eigenvalue weighted by Crippen LogP contribution is -2.01. The first-order valence-corrected chi connectivity index (χ1v) is 5.07. The van der Waals surface area contributed by atoms with E-state index in [9.17, 15) is 0 Å². The van der Waals surface area contributed by atoms with Crippen molar-refractivity contribution in [2.24, 2.45) is 0 Å². The Morgan fingerprint density at radius 3 is 2.47 bits per heavy atom. The highest BCUT2D eigenvalue weighted by atomic mass is 15.2. The van der Waals surface area contributed by atoms with E-state index in [2.05, 4.69) is 47.9 Å². The Balaban J connectivity index is 2.02. The summed E-state index contributed by atoms with van der Waals surface area (Å²) in [6.45, 7) is 2.10. The van der Waals surface area contributed by atoms with Gasteiger partial charge >= 0.3 is 0 Å². The van der Waals surface area contributed by atoms with E-state index >= 15 is 0 Å². The monoisotopic (exact) mass is 196 g/mol. The second kappa shape index (κ2) is 3.02.